The third kappa shape index (κ3) is 2.22. The number of aromatic carboxylic acids is 1. The first-order valence-corrected chi connectivity index (χ1v) is 4.55. The largest absolute Gasteiger partial charge is 0.478 e. The lowest BCUT2D eigenvalue weighted by atomic mass is 9.97. The van der Waals surface area contributed by atoms with Crippen LogP contribution in [0, 0.1) is 13.8 Å². The molecule has 0 aliphatic heterocycles. The van der Waals surface area contributed by atoms with Gasteiger partial charge in [0.25, 0.3) is 0 Å². The van der Waals surface area contributed by atoms with Crippen molar-refractivity contribution in [1.29, 1.82) is 0 Å². The standard InChI is InChI=1S/C11H13NO3/c1-6-3-7(2)9(11(14)15)4-8(6)10(13)5-12/h3-4H,5,12H2,1-2H3,(H,14,15). The fraction of sp³-hybridized carbons (Fsp3) is 0.273. The molecule has 80 valence electrons. The van der Waals surface area contributed by atoms with Gasteiger partial charge in [-0.3, -0.25) is 4.79 Å². The summed E-state index contributed by atoms with van der Waals surface area (Å²) in [7, 11) is 0. The van der Waals surface area contributed by atoms with Crippen LogP contribution in [0.5, 0.6) is 0 Å². The number of carboxylic acids is 1. The zero-order valence-electron chi connectivity index (χ0n) is 8.70. The Bertz CT molecular complexity index is 424. The number of Topliss-reactive ketones (excluding diaryl/α,β-unsaturated/α-hetero) is 1. The summed E-state index contributed by atoms with van der Waals surface area (Å²) in [6.07, 6.45) is 0. The molecular weight excluding hydrogens is 194 g/mol. The molecule has 4 nitrogen and oxygen atoms in total. The lowest BCUT2D eigenvalue weighted by Crippen LogP contribution is -2.16. The van der Waals surface area contributed by atoms with E-state index in [-0.39, 0.29) is 17.9 Å². The van der Waals surface area contributed by atoms with Crippen molar-refractivity contribution in [2.45, 2.75) is 13.8 Å². The molecule has 0 unspecified atom stereocenters. The Morgan fingerprint density at radius 2 is 1.73 bits per heavy atom. The highest BCUT2D eigenvalue weighted by atomic mass is 16.4. The molecule has 0 aliphatic rings. The minimum Gasteiger partial charge on any atom is -0.478 e. The maximum atomic E-state index is 11.4. The second kappa shape index (κ2) is 4.23. The van der Waals surface area contributed by atoms with Crippen LogP contribution in [0.1, 0.15) is 31.8 Å². The molecular formula is C11H13NO3. The van der Waals surface area contributed by atoms with Gasteiger partial charge in [0, 0.05) is 5.56 Å². The van der Waals surface area contributed by atoms with Crippen LogP contribution in [0.15, 0.2) is 12.1 Å². The SMILES string of the molecule is Cc1cc(C)c(C(=O)CN)cc1C(=O)O. The molecule has 1 aromatic carbocycles. The quantitative estimate of drug-likeness (QED) is 0.728. The van der Waals surface area contributed by atoms with Crippen LogP contribution in [0.4, 0.5) is 0 Å². The van der Waals surface area contributed by atoms with E-state index in [9.17, 15) is 9.59 Å². The molecule has 3 N–H and O–H groups in total. The molecule has 0 aromatic heterocycles. The Balaban J connectivity index is 3.36. The van der Waals surface area contributed by atoms with E-state index in [0.29, 0.717) is 11.1 Å². The molecule has 4 heteroatoms. The van der Waals surface area contributed by atoms with Gasteiger partial charge in [-0.1, -0.05) is 6.07 Å². The van der Waals surface area contributed by atoms with Gasteiger partial charge in [-0.05, 0) is 31.0 Å². The Kier molecular flexibility index (Phi) is 3.21. The van der Waals surface area contributed by atoms with E-state index in [1.807, 2.05) is 0 Å². The van der Waals surface area contributed by atoms with E-state index in [1.54, 1.807) is 19.9 Å². The molecule has 1 aromatic rings. The number of nitrogens with two attached hydrogens (primary N) is 1. The molecule has 0 saturated heterocycles. The average Bonchev–Trinajstić information content (AvgIpc) is 2.16. The van der Waals surface area contributed by atoms with Crippen LogP contribution in [-0.4, -0.2) is 23.4 Å². The van der Waals surface area contributed by atoms with Gasteiger partial charge < -0.3 is 10.8 Å². The number of carboxylic acid groups (broad SMARTS) is 1. The van der Waals surface area contributed by atoms with Crippen molar-refractivity contribution in [3.05, 3.63) is 34.4 Å². The van der Waals surface area contributed by atoms with Crippen LogP contribution < -0.4 is 5.73 Å². The Hall–Kier alpha value is -1.68. The van der Waals surface area contributed by atoms with E-state index >= 15 is 0 Å². The predicted molar refractivity (Wildman–Crippen MR) is 56.3 cm³/mol. The van der Waals surface area contributed by atoms with Gasteiger partial charge in [0.1, 0.15) is 0 Å². The average molecular weight is 207 g/mol. The highest BCUT2D eigenvalue weighted by Gasteiger charge is 2.14. The number of hydrogen-bond donors (Lipinski definition) is 2. The zero-order valence-corrected chi connectivity index (χ0v) is 8.70. The first-order valence-electron chi connectivity index (χ1n) is 4.55. The number of ketones is 1. The molecule has 0 aliphatic carbocycles. The third-order valence-electron chi connectivity index (χ3n) is 2.29. The van der Waals surface area contributed by atoms with Crippen molar-refractivity contribution < 1.29 is 14.7 Å². The number of carbonyl (C=O) groups is 2. The predicted octanol–water partition coefficient (Wildman–Crippen LogP) is 1.14. The summed E-state index contributed by atoms with van der Waals surface area (Å²) < 4.78 is 0. The van der Waals surface area contributed by atoms with E-state index in [1.165, 1.54) is 6.07 Å². The van der Waals surface area contributed by atoms with Crippen LogP contribution in [0.3, 0.4) is 0 Å². The molecule has 15 heavy (non-hydrogen) atoms. The van der Waals surface area contributed by atoms with Crippen molar-refractivity contribution in [1.82, 2.24) is 0 Å². The van der Waals surface area contributed by atoms with Crippen molar-refractivity contribution in [2.75, 3.05) is 6.54 Å². The molecule has 0 fully saturated rings. The van der Waals surface area contributed by atoms with Gasteiger partial charge in [0.05, 0.1) is 12.1 Å². The van der Waals surface area contributed by atoms with Gasteiger partial charge >= 0.3 is 5.97 Å². The molecule has 0 saturated carbocycles. The normalized spacial score (nSPS) is 10.1. The van der Waals surface area contributed by atoms with E-state index in [2.05, 4.69) is 0 Å². The Labute approximate surface area is 87.7 Å². The van der Waals surface area contributed by atoms with Gasteiger partial charge in [0.15, 0.2) is 5.78 Å². The fourth-order valence-electron chi connectivity index (χ4n) is 1.49. The van der Waals surface area contributed by atoms with Crippen LogP contribution in [-0.2, 0) is 0 Å². The second-order valence-corrected chi connectivity index (χ2v) is 3.41. The van der Waals surface area contributed by atoms with Crippen molar-refractivity contribution in [2.24, 2.45) is 5.73 Å². The van der Waals surface area contributed by atoms with Crippen molar-refractivity contribution in [3.8, 4) is 0 Å². The highest BCUT2D eigenvalue weighted by molar-refractivity contribution is 6.01. The maximum Gasteiger partial charge on any atom is 0.335 e. The molecule has 0 atom stereocenters. The number of carbonyl (C=O) groups excluding carboxylic acids is 1. The van der Waals surface area contributed by atoms with Gasteiger partial charge in [-0.15, -0.1) is 0 Å². The Morgan fingerprint density at radius 3 is 2.20 bits per heavy atom. The van der Waals surface area contributed by atoms with Crippen LogP contribution in [0.2, 0.25) is 0 Å². The zero-order chi connectivity index (χ0) is 11.6. The van der Waals surface area contributed by atoms with E-state index < -0.39 is 5.97 Å². The minimum atomic E-state index is -1.03. The monoisotopic (exact) mass is 207 g/mol. The lowest BCUT2D eigenvalue weighted by Gasteiger charge is -2.07. The number of aryl methyl sites for hydroxylation is 2. The molecule has 0 spiro atoms. The highest BCUT2D eigenvalue weighted by Crippen LogP contribution is 2.16. The fourth-order valence-corrected chi connectivity index (χ4v) is 1.49. The molecule has 0 heterocycles. The summed E-state index contributed by atoms with van der Waals surface area (Å²) >= 11 is 0. The maximum absolute atomic E-state index is 11.4. The van der Waals surface area contributed by atoms with E-state index in [4.69, 9.17) is 10.8 Å². The van der Waals surface area contributed by atoms with Gasteiger partial charge in [-0.2, -0.15) is 0 Å². The van der Waals surface area contributed by atoms with Crippen molar-refractivity contribution in [3.63, 3.8) is 0 Å². The van der Waals surface area contributed by atoms with E-state index in [0.717, 1.165) is 5.56 Å². The number of benzene rings is 1. The topological polar surface area (TPSA) is 80.4 Å². The molecule has 0 radical (unpaired) electrons. The Morgan fingerprint density at radius 1 is 1.20 bits per heavy atom. The third-order valence-corrected chi connectivity index (χ3v) is 2.29. The minimum absolute atomic E-state index is 0.108. The summed E-state index contributed by atoms with van der Waals surface area (Å²) in [5.41, 5.74) is 7.18. The van der Waals surface area contributed by atoms with Crippen molar-refractivity contribution >= 4 is 11.8 Å². The van der Waals surface area contributed by atoms with Crippen LogP contribution in [0.25, 0.3) is 0 Å². The summed E-state index contributed by atoms with van der Waals surface area (Å²) in [4.78, 5) is 22.3. The summed E-state index contributed by atoms with van der Waals surface area (Å²) in [6.45, 7) is 3.36. The first-order chi connectivity index (χ1) is 6.97. The molecule has 0 amide bonds. The number of rotatable bonds is 3. The lowest BCUT2D eigenvalue weighted by molar-refractivity contribution is 0.0696. The summed E-state index contributed by atoms with van der Waals surface area (Å²) in [5, 5.41) is 8.89. The molecule has 0 bridgehead atoms. The first kappa shape index (κ1) is 11.4. The summed E-state index contributed by atoms with van der Waals surface area (Å²) in [6, 6.07) is 3.08. The second-order valence-electron chi connectivity index (χ2n) is 3.41. The smallest absolute Gasteiger partial charge is 0.335 e. The summed E-state index contributed by atoms with van der Waals surface area (Å²) in [5.74, 6) is -1.27. The molecule has 1 rings (SSSR count). The van der Waals surface area contributed by atoms with Crippen LogP contribution >= 0.6 is 0 Å². The van der Waals surface area contributed by atoms with Gasteiger partial charge in [0.2, 0.25) is 0 Å². The van der Waals surface area contributed by atoms with Gasteiger partial charge in [-0.25, -0.2) is 4.79 Å². The number of hydrogen-bond acceptors (Lipinski definition) is 3.